The Balaban J connectivity index is 1.88. The van der Waals surface area contributed by atoms with Crippen LogP contribution in [-0.4, -0.2) is 23.9 Å². The second kappa shape index (κ2) is 5.01. The normalized spacial score (nSPS) is 18.2. The van der Waals surface area contributed by atoms with Crippen LogP contribution in [0.2, 0.25) is 0 Å². The summed E-state index contributed by atoms with van der Waals surface area (Å²) in [5, 5.41) is 0. The third kappa shape index (κ3) is 2.75. The van der Waals surface area contributed by atoms with E-state index < -0.39 is 0 Å². The fourth-order valence-electron chi connectivity index (χ4n) is 1.87. The summed E-state index contributed by atoms with van der Waals surface area (Å²) in [6.45, 7) is 3.99. The van der Waals surface area contributed by atoms with Crippen LogP contribution < -0.4 is 0 Å². The Morgan fingerprint density at radius 3 is 2.88 bits per heavy atom. The van der Waals surface area contributed by atoms with Gasteiger partial charge in [0.25, 0.3) is 0 Å². The highest BCUT2D eigenvalue weighted by atomic mass is 16.3. The number of hydrogen-bond acceptors (Lipinski definition) is 2. The highest BCUT2D eigenvalue weighted by molar-refractivity contribution is 5.91. The molecule has 0 saturated carbocycles. The SMILES string of the molecule is CC1CCN(C(=O)C=Cc2ccco2)CC1. The van der Waals surface area contributed by atoms with E-state index in [4.69, 9.17) is 4.42 Å². The van der Waals surface area contributed by atoms with E-state index in [1.807, 2.05) is 17.0 Å². The van der Waals surface area contributed by atoms with Crippen molar-refractivity contribution >= 4 is 12.0 Å². The Kier molecular flexibility index (Phi) is 3.44. The number of likely N-dealkylation sites (tertiary alicyclic amines) is 1. The van der Waals surface area contributed by atoms with Gasteiger partial charge in [-0.1, -0.05) is 6.92 Å². The second-order valence-electron chi connectivity index (χ2n) is 4.36. The van der Waals surface area contributed by atoms with Crippen molar-refractivity contribution < 1.29 is 9.21 Å². The molecule has 0 bridgehead atoms. The van der Waals surface area contributed by atoms with Gasteiger partial charge in [-0.2, -0.15) is 0 Å². The molecule has 86 valence electrons. The molecule has 1 saturated heterocycles. The van der Waals surface area contributed by atoms with E-state index in [0.717, 1.165) is 37.6 Å². The molecule has 1 aliphatic rings. The van der Waals surface area contributed by atoms with Crippen molar-refractivity contribution in [1.82, 2.24) is 4.90 Å². The first-order valence-electron chi connectivity index (χ1n) is 5.76. The third-order valence-electron chi connectivity index (χ3n) is 3.03. The minimum Gasteiger partial charge on any atom is -0.465 e. The van der Waals surface area contributed by atoms with Gasteiger partial charge in [0.15, 0.2) is 0 Å². The second-order valence-corrected chi connectivity index (χ2v) is 4.36. The lowest BCUT2D eigenvalue weighted by molar-refractivity contribution is -0.127. The number of furan rings is 1. The van der Waals surface area contributed by atoms with Gasteiger partial charge in [0.1, 0.15) is 5.76 Å². The van der Waals surface area contributed by atoms with E-state index in [2.05, 4.69) is 6.92 Å². The van der Waals surface area contributed by atoms with Crippen molar-refractivity contribution in [2.45, 2.75) is 19.8 Å². The van der Waals surface area contributed by atoms with Crippen molar-refractivity contribution in [2.24, 2.45) is 5.92 Å². The van der Waals surface area contributed by atoms with Crippen LogP contribution in [0.15, 0.2) is 28.9 Å². The van der Waals surface area contributed by atoms with Crippen molar-refractivity contribution in [3.05, 3.63) is 30.2 Å². The topological polar surface area (TPSA) is 33.5 Å². The summed E-state index contributed by atoms with van der Waals surface area (Å²) in [5.74, 6) is 1.56. The largest absolute Gasteiger partial charge is 0.465 e. The van der Waals surface area contributed by atoms with Crippen molar-refractivity contribution in [2.75, 3.05) is 13.1 Å². The summed E-state index contributed by atoms with van der Waals surface area (Å²) in [5.41, 5.74) is 0. The molecule has 1 amide bonds. The zero-order valence-corrected chi connectivity index (χ0v) is 9.56. The fourth-order valence-corrected chi connectivity index (χ4v) is 1.87. The Bertz CT molecular complexity index is 359. The summed E-state index contributed by atoms with van der Waals surface area (Å²) < 4.78 is 5.13. The van der Waals surface area contributed by atoms with E-state index >= 15 is 0 Å². The smallest absolute Gasteiger partial charge is 0.246 e. The van der Waals surface area contributed by atoms with Crippen LogP contribution in [0.25, 0.3) is 6.08 Å². The van der Waals surface area contributed by atoms with Gasteiger partial charge in [0, 0.05) is 19.2 Å². The number of carbonyl (C=O) groups excluding carboxylic acids is 1. The minimum absolute atomic E-state index is 0.0864. The van der Waals surface area contributed by atoms with Gasteiger partial charge in [-0.05, 0) is 37.0 Å². The first-order valence-corrected chi connectivity index (χ1v) is 5.76. The van der Waals surface area contributed by atoms with Crippen molar-refractivity contribution in [3.63, 3.8) is 0 Å². The minimum atomic E-state index is 0.0864. The average molecular weight is 219 g/mol. The standard InChI is InChI=1S/C13H17NO2/c1-11-6-8-14(9-7-11)13(15)5-4-12-3-2-10-16-12/h2-5,10-11H,6-9H2,1H3. The van der Waals surface area contributed by atoms with E-state index in [1.165, 1.54) is 0 Å². The Hall–Kier alpha value is -1.51. The summed E-state index contributed by atoms with van der Waals surface area (Å²) in [6, 6.07) is 3.65. The molecule has 1 aliphatic heterocycles. The molecule has 3 heteroatoms. The van der Waals surface area contributed by atoms with E-state index in [1.54, 1.807) is 18.4 Å². The first-order chi connectivity index (χ1) is 7.75. The van der Waals surface area contributed by atoms with Crippen LogP contribution in [0.1, 0.15) is 25.5 Å². The van der Waals surface area contributed by atoms with Crippen molar-refractivity contribution in [3.8, 4) is 0 Å². The van der Waals surface area contributed by atoms with Crippen LogP contribution in [0, 0.1) is 5.92 Å². The third-order valence-corrected chi connectivity index (χ3v) is 3.03. The number of hydrogen-bond donors (Lipinski definition) is 0. The zero-order valence-electron chi connectivity index (χ0n) is 9.56. The quantitative estimate of drug-likeness (QED) is 0.716. The molecule has 0 unspecified atom stereocenters. The van der Waals surface area contributed by atoms with Crippen LogP contribution in [0.4, 0.5) is 0 Å². The van der Waals surface area contributed by atoms with Gasteiger partial charge in [-0.15, -0.1) is 0 Å². The Morgan fingerprint density at radius 2 is 2.25 bits per heavy atom. The van der Waals surface area contributed by atoms with Crippen LogP contribution in [0.3, 0.4) is 0 Å². The lowest BCUT2D eigenvalue weighted by Crippen LogP contribution is -2.36. The molecule has 0 aromatic carbocycles. The highest BCUT2D eigenvalue weighted by Crippen LogP contribution is 2.16. The summed E-state index contributed by atoms with van der Waals surface area (Å²) in [7, 11) is 0. The number of nitrogens with zero attached hydrogens (tertiary/aromatic N) is 1. The average Bonchev–Trinajstić information content (AvgIpc) is 2.80. The van der Waals surface area contributed by atoms with Gasteiger partial charge >= 0.3 is 0 Å². The molecule has 0 radical (unpaired) electrons. The van der Waals surface area contributed by atoms with Crippen molar-refractivity contribution in [1.29, 1.82) is 0 Å². The zero-order chi connectivity index (χ0) is 11.4. The molecular formula is C13H17NO2. The molecule has 1 aromatic rings. The van der Waals surface area contributed by atoms with E-state index in [-0.39, 0.29) is 5.91 Å². The molecule has 16 heavy (non-hydrogen) atoms. The number of rotatable bonds is 2. The fraction of sp³-hybridized carbons (Fsp3) is 0.462. The monoisotopic (exact) mass is 219 g/mol. The number of carbonyl (C=O) groups is 1. The lowest BCUT2D eigenvalue weighted by atomic mass is 9.99. The number of piperidine rings is 1. The molecule has 2 heterocycles. The van der Waals surface area contributed by atoms with Crippen LogP contribution in [0.5, 0.6) is 0 Å². The van der Waals surface area contributed by atoms with Gasteiger partial charge < -0.3 is 9.32 Å². The maximum absolute atomic E-state index is 11.8. The van der Waals surface area contributed by atoms with E-state index in [0.29, 0.717) is 0 Å². The maximum atomic E-state index is 11.8. The maximum Gasteiger partial charge on any atom is 0.246 e. The van der Waals surface area contributed by atoms with Gasteiger partial charge in [0.05, 0.1) is 6.26 Å². The molecule has 0 atom stereocenters. The molecule has 1 aromatic heterocycles. The van der Waals surface area contributed by atoms with Gasteiger partial charge in [-0.25, -0.2) is 0 Å². The molecular weight excluding hydrogens is 202 g/mol. The van der Waals surface area contributed by atoms with Crippen LogP contribution in [-0.2, 0) is 4.79 Å². The predicted octanol–water partition coefficient (Wildman–Crippen LogP) is 2.55. The summed E-state index contributed by atoms with van der Waals surface area (Å²) in [6.07, 6.45) is 7.14. The Labute approximate surface area is 95.7 Å². The van der Waals surface area contributed by atoms with Gasteiger partial charge in [-0.3, -0.25) is 4.79 Å². The molecule has 0 spiro atoms. The molecule has 2 rings (SSSR count). The summed E-state index contributed by atoms with van der Waals surface area (Å²) in [4.78, 5) is 13.7. The highest BCUT2D eigenvalue weighted by Gasteiger charge is 2.18. The predicted molar refractivity (Wildman–Crippen MR) is 62.7 cm³/mol. The molecule has 0 N–H and O–H groups in total. The lowest BCUT2D eigenvalue weighted by Gasteiger charge is -2.29. The summed E-state index contributed by atoms with van der Waals surface area (Å²) >= 11 is 0. The first kappa shape index (κ1) is 11.0. The molecule has 3 nitrogen and oxygen atoms in total. The van der Waals surface area contributed by atoms with Crippen LogP contribution >= 0.6 is 0 Å². The van der Waals surface area contributed by atoms with Gasteiger partial charge in [0.2, 0.25) is 5.91 Å². The molecule has 0 aliphatic carbocycles. The Morgan fingerprint density at radius 1 is 1.50 bits per heavy atom. The van der Waals surface area contributed by atoms with E-state index in [9.17, 15) is 4.79 Å². The number of amides is 1. The molecule has 1 fully saturated rings.